The molecule has 1 saturated heterocycles. The fourth-order valence-corrected chi connectivity index (χ4v) is 4.79. The maximum absolute atomic E-state index is 12.8. The van der Waals surface area contributed by atoms with Gasteiger partial charge in [-0.2, -0.15) is 0 Å². The highest BCUT2D eigenvalue weighted by Gasteiger charge is 2.22. The van der Waals surface area contributed by atoms with Crippen LogP contribution in [-0.2, 0) is 26.0 Å². The number of hydrogen-bond acceptors (Lipinski definition) is 5. The standard InChI is InChI=1S/C25H32N2O5S/c1-3-4-6-20-9-11-22(12-10-20)26-33(30,31)23-8-5-7-21(17-23)25(29)32-18-24(28)27-15-13-19(2)14-16-27/h5,7-12,17,19,26H,3-4,6,13-16,18H2,1-2H3. The molecule has 1 aliphatic rings. The van der Waals surface area contributed by atoms with Crippen molar-refractivity contribution in [1.82, 2.24) is 4.90 Å². The number of nitrogens with zero attached hydrogens (tertiary/aromatic N) is 1. The van der Waals surface area contributed by atoms with Crippen molar-refractivity contribution in [1.29, 1.82) is 0 Å². The van der Waals surface area contributed by atoms with E-state index < -0.39 is 16.0 Å². The number of carbonyl (C=O) groups excluding carboxylic acids is 2. The third-order valence-electron chi connectivity index (χ3n) is 5.87. The summed E-state index contributed by atoms with van der Waals surface area (Å²) >= 11 is 0. The smallest absolute Gasteiger partial charge is 0.338 e. The van der Waals surface area contributed by atoms with Crippen molar-refractivity contribution in [3.05, 3.63) is 59.7 Å². The van der Waals surface area contributed by atoms with Gasteiger partial charge in [0.1, 0.15) is 0 Å². The van der Waals surface area contributed by atoms with E-state index in [1.54, 1.807) is 17.0 Å². The van der Waals surface area contributed by atoms with Crippen LogP contribution in [0.15, 0.2) is 53.4 Å². The van der Waals surface area contributed by atoms with E-state index in [4.69, 9.17) is 4.74 Å². The number of esters is 1. The van der Waals surface area contributed by atoms with Crippen LogP contribution in [0.25, 0.3) is 0 Å². The molecule has 1 N–H and O–H groups in total. The minimum absolute atomic E-state index is 0.0524. The number of amides is 1. The number of rotatable bonds is 9. The fraction of sp³-hybridized carbons (Fsp3) is 0.440. The van der Waals surface area contributed by atoms with Gasteiger partial charge in [-0.05, 0) is 67.5 Å². The lowest BCUT2D eigenvalue weighted by Crippen LogP contribution is -2.40. The first-order valence-corrected chi connectivity index (χ1v) is 12.9. The van der Waals surface area contributed by atoms with Gasteiger partial charge < -0.3 is 9.64 Å². The van der Waals surface area contributed by atoms with Crippen molar-refractivity contribution in [2.75, 3.05) is 24.4 Å². The Morgan fingerprint density at radius 3 is 2.45 bits per heavy atom. The van der Waals surface area contributed by atoms with E-state index in [2.05, 4.69) is 18.6 Å². The summed E-state index contributed by atoms with van der Waals surface area (Å²) in [5.74, 6) is -0.372. The van der Waals surface area contributed by atoms with Gasteiger partial charge in [0.2, 0.25) is 0 Å². The first-order valence-electron chi connectivity index (χ1n) is 11.4. The van der Waals surface area contributed by atoms with E-state index in [1.165, 1.54) is 24.3 Å². The fourth-order valence-electron chi connectivity index (χ4n) is 3.68. The van der Waals surface area contributed by atoms with Crippen LogP contribution in [0.2, 0.25) is 0 Å². The topological polar surface area (TPSA) is 92.8 Å². The molecule has 0 radical (unpaired) electrons. The highest BCUT2D eigenvalue weighted by molar-refractivity contribution is 7.92. The number of aryl methyl sites for hydroxylation is 1. The van der Waals surface area contributed by atoms with Crippen molar-refractivity contribution in [2.24, 2.45) is 5.92 Å². The van der Waals surface area contributed by atoms with Gasteiger partial charge in [-0.15, -0.1) is 0 Å². The number of anilines is 1. The van der Waals surface area contributed by atoms with Crippen LogP contribution < -0.4 is 4.72 Å². The van der Waals surface area contributed by atoms with Crippen molar-refractivity contribution in [2.45, 2.75) is 50.8 Å². The largest absolute Gasteiger partial charge is 0.452 e. The van der Waals surface area contributed by atoms with E-state index in [9.17, 15) is 18.0 Å². The number of sulfonamides is 1. The van der Waals surface area contributed by atoms with Gasteiger partial charge in [0, 0.05) is 18.8 Å². The summed E-state index contributed by atoms with van der Waals surface area (Å²) in [6.45, 7) is 5.25. The first-order chi connectivity index (χ1) is 15.8. The number of hydrogen-bond donors (Lipinski definition) is 1. The van der Waals surface area contributed by atoms with Crippen LogP contribution in [0, 0.1) is 5.92 Å². The maximum Gasteiger partial charge on any atom is 0.338 e. The van der Waals surface area contributed by atoms with Gasteiger partial charge in [0.05, 0.1) is 10.5 Å². The van der Waals surface area contributed by atoms with Gasteiger partial charge in [-0.25, -0.2) is 13.2 Å². The quantitative estimate of drug-likeness (QED) is 0.551. The molecular formula is C25H32N2O5S. The van der Waals surface area contributed by atoms with Crippen molar-refractivity contribution in [3.8, 4) is 0 Å². The lowest BCUT2D eigenvalue weighted by molar-refractivity contribution is -0.135. The average molecular weight is 473 g/mol. The van der Waals surface area contributed by atoms with E-state index >= 15 is 0 Å². The summed E-state index contributed by atoms with van der Waals surface area (Å²) in [7, 11) is -3.89. The van der Waals surface area contributed by atoms with Gasteiger partial charge in [0.15, 0.2) is 6.61 Å². The molecule has 178 valence electrons. The summed E-state index contributed by atoms with van der Waals surface area (Å²) in [6, 6.07) is 12.9. The molecule has 0 spiro atoms. The zero-order chi connectivity index (χ0) is 23.8. The predicted molar refractivity (Wildman–Crippen MR) is 128 cm³/mol. The molecule has 8 heteroatoms. The Balaban J connectivity index is 1.60. The third-order valence-corrected chi connectivity index (χ3v) is 7.25. The van der Waals surface area contributed by atoms with Gasteiger partial charge in [-0.1, -0.05) is 38.5 Å². The zero-order valence-corrected chi connectivity index (χ0v) is 20.1. The minimum Gasteiger partial charge on any atom is -0.452 e. The molecular weight excluding hydrogens is 440 g/mol. The Hall–Kier alpha value is -2.87. The van der Waals surface area contributed by atoms with Gasteiger partial charge in [-0.3, -0.25) is 9.52 Å². The minimum atomic E-state index is -3.89. The molecule has 1 heterocycles. The summed E-state index contributed by atoms with van der Waals surface area (Å²) in [4.78, 5) is 26.4. The van der Waals surface area contributed by atoms with E-state index in [-0.39, 0.29) is 23.0 Å². The van der Waals surface area contributed by atoms with E-state index in [0.29, 0.717) is 24.7 Å². The lowest BCUT2D eigenvalue weighted by atomic mass is 9.99. The molecule has 7 nitrogen and oxygen atoms in total. The van der Waals surface area contributed by atoms with Crippen LogP contribution >= 0.6 is 0 Å². The Labute approximate surface area is 196 Å². The molecule has 0 bridgehead atoms. The van der Waals surface area contributed by atoms with Crippen LogP contribution in [0.3, 0.4) is 0 Å². The number of piperidine rings is 1. The Kier molecular flexibility index (Phi) is 8.49. The third kappa shape index (κ3) is 7.05. The Morgan fingerprint density at radius 2 is 1.79 bits per heavy atom. The Morgan fingerprint density at radius 1 is 1.09 bits per heavy atom. The monoisotopic (exact) mass is 472 g/mol. The summed E-state index contributed by atoms with van der Waals surface area (Å²) in [5.41, 5.74) is 1.68. The van der Waals surface area contributed by atoms with Crippen LogP contribution in [0.5, 0.6) is 0 Å². The molecule has 33 heavy (non-hydrogen) atoms. The zero-order valence-electron chi connectivity index (χ0n) is 19.2. The molecule has 2 aromatic rings. The first kappa shape index (κ1) is 24.8. The number of ether oxygens (including phenoxy) is 1. The molecule has 0 saturated carbocycles. The molecule has 1 aliphatic heterocycles. The number of nitrogens with one attached hydrogen (secondary N) is 1. The second kappa shape index (κ2) is 11.3. The summed E-state index contributed by atoms with van der Waals surface area (Å²) in [5, 5.41) is 0. The van der Waals surface area contributed by atoms with Crippen LogP contribution in [0.1, 0.15) is 55.5 Å². The van der Waals surface area contributed by atoms with E-state index in [0.717, 1.165) is 37.7 Å². The predicted octanol–water partition coefficient (Wildman–Crippen LogP) is 4.25. The van der Waals surface area contributed by atoms with Crippen LogP contribution in [0.4, 0.5) is 5.69 Å². The highest BCUT2D eigenvalue weighted by Crippen LogP contribution is 2.19. The van der Waals surface area contributed by atoms with Gasteiger partial charge in [0.25, 0.3) is 15.9 Å². The Bertz CT molecular complexity index is 1060. The maximum atomic E-state index is 12.8. The number of unbranched alkanes of at least 4 members (excludes halogenated alkanes) is 1. The van der Waals surface area contributed by atoms with Gasteiger partial charge >= 0.3 is 5.97 Å². The highest BCUT2D eigenvalue weighted by atomic mass is 32.2. The lowest BCUT2D eigenvalue weighted by Gasteiger charge is -2.30. The molecule has 0 unspecified atom stereocenters. The number of benzene rings is 2. The average Bonchev–Trinajstić information content (AvgIpc) is 2.82. The van der Waals surface area contributed by atoms with Crippen molar-refractivity contribution >= 4 is 27.6 Å². The normalized spacial score (nSPS) is 14.7. The molecule has 2 aromatic carbocycles. The molecule has 3 rings (SSSR count). The summed E-state index contributed by atoms with van der Waals surface area (Å²) < 4.78 is 33.3. The van der Waals surface area contributed by atoms with Crippen molar-refractivity contribution < 1.29 is 22.7 Å². The second-order valence-electron chi connectivity index (χ2n) is 8.57. The van der Waals surface area contributed by atoms with Crippen molar-refractivity contribution in [3.63, 3.8) is 0 Å². The second-order valence-corrected chi connectivity index (χ2v) is 10.3. The molecule has 1 amide bonds. The van der Waals surface area contributed by atoms with E-state index in [1.807, 2.05) is 12.1 Å². The number of carbonyl (C=O) groups is 2. The molecule has 0 atom stereocenters. The summed E-state index contributed by atoms with van der Waals surface area (Å²) in [6.07, 6.45) is 5.00. The number of likely N-dealkylation sites (tertiary alicyclic amines) is 1. The SMILES string of the molecule is CCCCc1ccc(NS(=O)(=O)c2cccc(C(=O)OCC(=O)N3CCC(C)CC3)c2)cc1. The van der Waals surface area contributed by atoms with Crippen LogP contribution in [-0.4, -0.2) is 44.9 Å². The molecule has 0 aliphatic carbocycles. The molecule has 1 fully saturated rings. The molecule has 0 aromatic heterocycles.